The molecular weight excluding hydrogens is 254 g/mol. The minimum absolute atomic E-state index is 0.141. The summed E-state index contributed by atoms with van der Waals surface area (Å²) in [6.45, 7) is 4.04. The fraction of sp³-hybridized carbons (Fsp3) is 0.583. The maximum atomic E-state index is 11.7. The average molecular weight is 271 g/mol. The summed E-state index contributed by atoms with van der Waals surface area (Å²) < 4.78 is 9.84. The van der Waals surface area contributed by atoms with Crippen LogP contribution in [0.4, 0.5) is 0 Å². The first-order valence-corrected chi connectivity index (χ1v) is 6.58. The van der Waals surface area contributed by atoms with Crippen molar-refractivity contribution in [1.29, 1.82) is 0 Å². The summed E-state index contributed by atoms with van der Waals surface area (Å²) in [6.07, 6.45) is 1.50. The van der Waals surface area contributed by atoms with E-state index in [-0.39, 0.29) is 18.1 Å². The summed E-state index contributed by atoms with van der Waals surface area (Å²) in [5, 5.41) is 0.764. The molecule has 1 heterocycles. The van der Waals surface area contributed by atoms with Gasteiger partial charge in [-0.25, -0.2) is 9.78 Å². The highest BCUT2D eigenvalue weighted by molar-refractivity contribution is 7.14. The molecule has 0 aromatic carbocycles. The molecule has 0 saturated carbocycles. The summed E-state index contributed by atoms with van der Waals surface area (Å²) in [4.78, 5) is 27.7. The molecule has 0 saturated heterocycles. The van der Waals surface area contributed by atoms with Gasteiger partial charge in [0.15, 0.2) is 11.5 Å². The number of ketones is 1. The van der Waals surface area contributed by atoms with E-state index in [9.17, 15) is 9.59 Å². The van der Waals surface area contributed by atoms with E-state index in [2.05, 4.69) is 4.98 Å². The number of carbonyl (C=O) groups is 2. The second-order valence-corrected chi connectivity index (χ2v) is 4.74. The van der Waals surface area contributed by atoms with Crippen LogP contribution in [-0.2, 0) is 15.9 Å². The van der Waals surface area contributed by atoms with E-state index >= 15 is 0 Å². The minimum atomic E-state index is -0.531. The van der Waals surface area contributed by atoms with E-state index in [0.29, 0.717) is 17.9 Å². The minimum Gasteiger partial charge on any atom is -0.461 e. The standard InChI is InChI=1S/C12H17NO4S/c1-4-17-12(15)10-11(8(2)14)18-9(13-10)6-5-7-16-3/h4-7H2,1-3H3. The molecule has 6 heteroatoms. The number of hydrogen-bond donors (Lipinski definition) is 0. The lowest BCUT2D eigenvalue weighted by Gasteiger charge is -1.98. The summed E-state index contributed by atoms with van der Waals surface area (Å²) in [5.41, 5.74) is 0.141. The molecule has 0 radical (unpaired) electrons. The Morgan fingerprint density at radius 2 is 2.11 bits per heavy atom. The molecule has 0 unspecified atom stereocenters. The number of esters is 1. The number of nitrogens with zero attached hydrogens (tertiary/aromatic N) is 1. The number of hydrogen-bond acceptors (Lipinski definition) is 6. The van der Waals surface area contributed by atoms with E-state index < -0.39 is 5.97 Å². The lowest BCUT2D eigenvalue weighted by Crippen LogP contribution is -2.09. The fourth-order valence-electron chi connectivity index (χ4n) is 1.42. The molecule has 1 rings (SSSR count). The van der Waals surface area contributed by atoms with Crippen molar-refractivity contribution in [3.63, 3.8) is 0 Å². The SMILES string of the molecule is CCOC(=O)c1nc(CCCOC)sc1C(C)=O. The molecule has 0 aliphatic carbocycles. The second kappa shape index (κ2) is 7.23. The summed E-state index contributed by atoms with van der Waals surface area (Å²) in [6, 6.07) is 0. The Morgan fingerprint density at radius 1 is 1.39 bits per heavy atom. The van der Waals surface area contributed by atoms with Crippen molar-refractivity contribution in [3.8, 4) is 0 Å². The summed E-state index contributed by atoms with van der Waals surface area (Å²) >= 11 is 1.26. The maximum absolute atomic E-state index is 11.7. The maximum Gasteiger partial charge on any atom is 0.358 e. The third-order valence-corrected chi connectivity index (χ3v) is 3.42. The molecule has 0 N–H and O–H groups in total. The Kier molecular flexibility index (Phi) is 5.94. The van der Waals surface area contributed by atoms with Gasteiger partial charge in [-0.2, -0.15) is 0 Å². The van der Waals surface area contributed by atoms with Crippen LogP contribution < -0.4 is 0 Å². The molecular formula is C12H17NO4S. The van der Waals surface area contributed by atoms with Crippen LogP contribution >= 0.6 is 11.3 Å². The average Bonchev–Trinajstić information content (AvgIpc) is 2.74. The molecule has 1 aromatic rings. The normalized spacial score (nSPS) is 10.4. The van der Waals surface area contributed by atoms with Crippen LogP contribution in [-0.4, -0.2) is 37.1 Å². The lowest BCUT2D eigenvalue weighted by atomic mass is 10.3. The van der Waals surface area contributed by atoms with Crippen molar-refractivity contribution >= 4 is 23.1 Å². The van der Waals surface area contributed by atoms with Crippen molar-refractivity contribution in [1.82, 2.24) is 4.98 Å². The molecule has 18 heavy (non-hydrogen) atoms. The molecule has 0 bridgehead atoms. The van der Waals surface area contributed by atoms with Gasteiger partial charge < -0.3 is 9.47 Å². The predicted molar refractivity (Wildman–Crippen MR) is 68.3 cm³/mol. The largest absolute Gasteiger partial charge is 0.461 e. The molecule has 1 aromatic heterocycles. The van der Waals surface area contributed by atoms with Crippen LogP contribution in [0.5, 0.6) is 0 Å². The van der Waals surface area contributed by atoms with Gasteiger partial charge in [0, 0.05) is 27.1 Å². The summed E-state index contributed by atoms with van der Waals surface area (Å²) in [5.74, 6) is -0.689. The lowest BCUT2D eigenvalue weighted by molar-refractivity contribution is 0.0517. The topological polar surface area (TPSA) is 65.5 Å². The van der Waals surface area contributed by atoms with Crippen molar-refractivity contribution in [2.75, 3.05) is 20.3 Å². The molecule has 100 valence electrons. The zero-order valence-electron chi connectivity index (χ0n) is 10.8. The third kappa shape index (κ3) is 3.89. The van der Waals surface area contributed by atoms with Crippen LogP contribution in [0, 0.1) is 0 Å². The molecule has 0 amide bonds. The monoisotopic (exact) mass is 271 g/mol. The third-order valence-electron chi connectivity index (χ3n) is 2.20. The predicted octanol–water partition coefficient (Wildman–Crippen LogP) is 2.10. The Bertz CT molecular complexity index is 428. The van der Waals surface area contributed by atoms with E-state index in [1.807, 2.05) is 0 Å². The van der Waals surface area contributed by atoms with E-state index in [1.165, 1.54) is 18.3 Å². The Labute approximate surface area is 110 Å². The highest BCUT2D eigenvalue weighted by atomic mass is 32.1. The van der Waals surface area contributed by atoms with E-state index in [1.54, 1.807) is 14.0 Å². The first-order chi connectivity index (χ1) is 8.60. The Balaban J connectivity index is 2.87. The molecule has 0 aliphatic rings. The second-order valence-electron chi connectivity index (χ2n) is 3.66. The number of carbonyl (C=O) groups excluding carboxylic acids is 2. The fourth-order valence-corrected chi connectivity index (χ4v) is 2.40. The van der Waals surface area contributed by atoms with Crippen LogP contribution in [0.15, 0.2) is 0 Å². The van der Waals surface area contributed by atoms with Crippen LogP contribution in [0.3, 0.4) is 0 Å². The number of thiazole rings is 1. The van der Waals surface area contributed by atoms with Crippen LogP contribution in [0.25, 0.3) is 0 Å². The first kappa shape index (κ1) is 14.8. The Hall–Kier alpha value is -1.27. The van der Waals surface area contributed by atoms with Gasteiger partial charge in [0.1, 0.15) is 4.88 Å². The van der Waals surface area contributed by atoms with E-state index in [4.69, 9.17) is 9.47 Å². The van der Waals surface area contributed by atoms with Crippen LogP contribution in [0.1, 0.15) is 45.4 Å². The summed E-state index contributed by atoms with van der Waals surface area (Å²) in [7, 11) is 1.63. The molecule has 0 fully saturated rings. The van der Waals surface area contributed by atoms with Gasteiger partial charge in [0.2, 0.25) is 0 Å². The number of aromatic nitrogens is 1. The van der Waals surface area contributed by atoms with Crippen molar-refractivity contribution in [2.45, 2.75) is 26.7 Å². The smallest absolute Gasteiger partial charge is 0.358 e. The highest BCUT2D eigenvalue weighted by Crippen LogP contribution is 2.21. The van der Waals surface area contributed by atoms with Gasteiger partial charge in [0.05, 0.1) is 11.6 Å². The molecule has 0 atom stereocenters. The van der Waals surface area contributed by atoms with Gasteiger partial charge in [0.25, 0.3) is 0 Å². The number of Topliss-reactive ketones (excluding diaryl/α,β-unsaturated/α-hetero) is 1. The van der Waals surface area contributed by atoms with Crippen molar-refractivity contribution < 1.29 is 19.1 Å². The number of methoxy groups -OCH3 is 1. The van der Waals surface area contributed by atoms with Crippen molar-refractivity contribution in [2.24, 2.45) is 0 Å². The molecule has 0 aliphatic heterocycles. The zero-order chi connectivity index (χ0) is 13.5. The highest BCUT2D eigenvalue weighted by Gasteiger charge is 2.21. The van der Waals surface area contributed by atoms with Gasteiger partial charge in [-0.3, -0.25) is 4.79 Å². The zero-order valence-corrected chi connectivity index (χ0v) is 11.6. The number of aryl methyl sites for hydroxylation is 1. The Morgan fingerprint density at radius 3 is 2.67 bits per heavy atom. The quantitative estimate of drug-likeness (QED) is 0.431. The molecule has 0 spiro atoms. The van der Waals surface area contributed by atoms with Crippen LogP contribution in [0.2, 0.25) is 0 Å². The number of rotatable bonds is 7. The van der Waals surface area contributed by atoms with Gasteiger partial charge in [-0.15, -0.1) is 11.3 Å². The van der Waals surface area contributed by atoms with Crippen molar-refractivity contribution in [3.05, 3.63) is 15.6 Å². The van der Waals surface area contributed by atoms with Gasteiger partial charge in [-0.05, 0) is 13.3 Å². The van der Waals surface area contributed by atoms with Gasteiger partial charge in [-0.1, -0.05) is 0 Å². The van der Waals surface area contributed by atoms with E-state index in [0.717, 1.165) is 11.4 Å². The first-order valence-electron chi connectivity index (χ1n) is 5.76. The number of ether oxygens (including phenoxy) is 2. The molecule has 5 nitrogen and oxygen atoms in total. The van der Waals surface area contributed by atoms with Gasteiger partial charge >= 0.3 is 5.97 Å².